The Kier molecular flexibility index (Phi) is 4.41. The summed E-state index contributed by atoms with van der Waals surface area (Å²) in [5, 5.41) is 11.3. The molecule has 130 valence electrons. The maximum absolute atomic E-state index is 12.2. The van der Waals surface area contributed by atoms with Gasteiger partial charge >= 0.3 is 0 Å². The molecule has 26 heavy (non-hydrogen) atoms. The van der Waals surface area contributed by atoms with Crippen LogP contribution in [0, 0.1) is 0 Å². The lowest BCUT2D eigenvalue weighted by Gasteiger charge is -2.01. The van der Waals surface area contributed by atoms with Crippen LogP contribution in [0.25, 0.3) is 10.9 Å². The third-order valence-electron chi connectivity index (χ3n) is 4.15. The van der Waals surface area contributed by atoms with Gasteiger partial charge in [0.05, 0.1) is 0 Å². The minimum absolute atomic E-state index is 0.254. The smallest absolute Gasteiger partial charge is 0.258 e. The first-order valence-corrected chi connectivity index (χ1v) is 8.60. The lowest BCUT2D eigenvalue weighted by molar-refractivity contribution is 0.102. The number of aryl methyl sites for hydroxylation is 2. The van der Waals surface area contributed by atoms with Crippen molar-refractivity contribution in [3.8, 4) is 0 Å². The van der Waals surface area contributed by atoms with Crippen molar-refractivity contribution in [1.82, 2.24) is 20.2 Å². The highest BCUT2D eigenvalue weighted by Crippen LogP contribution is 2.19. The number of hydrogen-bond donors (Lipinski definition) is 3. The van der Waals surface area contributed by atoms with Gasteiger partial charge in [0.2, 0.25) is 5.95 Å². The lowest BCUT2D eigenvalue weighted by atomic mass is 10.1. The fourth-order valence-electron chi connectivity index (χ4n) is 2.86. The van der Waals surface area contributed by atoms with Crippen LogP contribution >= 0.6 is 11.6 Å². The fraction of sp³-hybridized carbons (Fsp3) is 0.105. The molecule has 1 amide bonds. The van der Waals surface area contributed by atoms with E-state index >= 15 is 0 Å². The first-order chi connectivity index (χ1) is 12.7. The van der Waals surface area contributed by atoms with Crippen molar-refractivity contribution < 1.29 is 4.79 Å². The molecule has 0 aliphatic heterocycles. The number of carbonyl (C=O) groups is 1. The summed E-state index contributed by atoms with van der Waals surface area (Å²) < 4.78 is 0. The Morgan fingerprint density at radius 2 is 2.00 bits per heavy atom. The molecule has 4 aromatic rings. The van der Waals surface area contributed by atoms with E-state index < -0.39 is 0 Å². The van der Waals surface area contributed by atoms with Crippen molar-refractivity contribution in [2.24, 2.45) is 0 Å². The monoisotopic (exact) mass is 365 g/mol. The molecule has 4 rings (SSSR count). The van der Waals surface area contributed by atoms with E-state index in [9.17, 15) is 4.79 Å². The van der Waals surface area contributed by atoms with Crippen LogP contribution in [0.3, 0.4) is 0 Å². The molecule has 0 saturated carbocycles. The third kappa shape index (κ3) is 3.45. The van der Waals surface area contributed by atoms with E-state index in [4.69, 9.17) is 11.6 Å². The number of nitrogens with zero attached hydrogens (tertiary/aromatic N) is 2. The molecule has 0 aliphatic carbocycles. The van der Waals surface area contributed by atoms with Crippen LogP contribution in [0.4, 0.5) is 5.95 Å². The fourth-order valence-corrected chi connectivity index (χ4v) is 3.05. The summed E-state index contributed by atoms with van der Waals surface area (Å²) in [6.07, 6.45) is 3.53. The van der Waals surface area contributed by atoms with Gasteiger partial charge in [-0.05, 0) is 36.2 Å². The topological polar surface area (TPSA) is 86.5 Å². The number of para-hydroxylation sites is 1. The van der Waals surface area contributed by atoms with E-state index in [1.807, 2.05) is 18.3 Å². The van der Waals surface area contributed by atoms with E-state index in [1.54, 1.807) is 24.3 Å². The molecule has 2 aromatic carbocycles. The average Bonchev–Trinajstić information content (AvgIpc) is 3.26. The Morgan fingerprint density at radius 3 is 2.88 bits per heavy atom. The van der Waals surface area contributed by atoms with Gasteiger partial charge in [-0.2, -0.15) is 4.98 Å². The second kappa shape index (κ2) is 7.01. The van der Waals surface area contributed by atoms with E-state index in [-0.39, 0.29) is 11.9 Å². The van der Waals surface area contributed by atoms with Crippen molar-refractivity contribution in [2.45, 2.75) is 12.8 Å². The van der Waals surface area contributed by atoms with Gasteiger partial charge in [-0.15, -0.1) is 5.10 Å². The second-order valence-corrected chi connectivity index (χ2v) is 6.37. The molecule has 7 heteroatoms. The van der Waals surface area contributed by atoms with Gasteiger partial charge < -0.3 is 4.98 Å². The number of aromatic amines is 2. The number of fused-ring (bicyclic) bond motifs is 1. The quantitative estimate of drug-likeness (QED) is 0.500. The number of hydrogen-bond acceptors (Lipinski definition) is 3. The third-order valence-corrected chi connectivity index (χ3v) is 4.39. The van der Waals surface area contributed by atoms with Gasteiger partial charge in [0.1, 0.15) is 5.82 Å². The predicted molar refractivity (Wildman–Crippen MR) is 101 cm³/mol. The Balaban J connectivity index is 1.41. The Hall–Kier alpha value is -3.12. The van der Waals surface area contributed by atoms with Gasteiger partial charge in [-0.3, -0.25) is 15.2 Å². The van der Waals surface area contributed by atoms with Gasteiger partial charge in [0.15, 0.2) is 0 Å². The van der Waals surface area contributed by atoms with Crippen LogP contribution in [-0.2, 0) is 12.8 Å². The van der Waals surface area contributed by atoms with Crippen LogP contribution in [0.2, 0.25) is 5.02 Å². The second-order valence-electron chi connectivity index (χ2n) is 5.93. The highest BCUT2D eigenvalue weighted by molar-refractivity contribution is 6.31. The van der Waals surface area contributed by atoms with Crippen molar-refractivity contribution in [3.05, 3.63) is 76.7 Å². The summed E-state index contributed by atoms with van der Waals surface area (Å²) in [4.78, 5) is 19.8. The van der Waals surface area contributed by atoms with Crippen LogP contribution in [0.15, 0.2) is 54.7 Å². The number of nitrogens with one attached hydrogen (secondary N) is 3. The molecule has 0 unspecified atom stereocenters. The van der Waals surface area contributed by atoms with Gasteiger partial charge in [-0.25, -0.2) is 0 Å². The molecule has 0 aliphatic rings. The van der Waals surface area contributed by atoms with E-state index in [1.165, 1.54) is 10.9 Å². The first-order valence-electron chi connectivity index (χ1n) is 8.22. The van der Waals surface area contributed by atoms with Crippen molar-refractivity contribution in [3.63, 3.8) is 0 Å². The summed E-state index contributed by atoms with van der Waals surface area (Å²) in [7, 11) is 0. The molecular formula is C19H16ClN5O. The van der Waals surface area contributed by atoms with Crippen molar-refractivity contribution in [1.29, 1.82) is 0 Å². The molecular weight excluding hydrogens is 350 g/mol. The lowest BCUT2D eigenvalue weighted by Crippen LogP contribution is -2.12. The molecule has 0 fully saturated rings. The summed E-state index contributed by atoms with van der Waals surface area (Å²) in [6, 6.07) is 14.9. The first kappa shape index (κ1) is 16.4. The Bertz CT molecular complexity index is 1070. The zero-order valence-electron chi connectivity index (χ0n) is 13.8. The predicted octanol–water partition coefficient (Wildman–Crippen LogP) is 3.98. The molecule has 3 N–H and O–H groups in total. The zero-order valence-corrected chi connectivity index (χ0v) is 14.5. The van der Waals surface area contributed by atoms with Crippen LogP contribution in [-0.4, -0.2) is 26.1 Å². The molecule has 2 aromatic heterocycles. The maximum atomic E-state index is 12.2. The summed E-state index contributed by atoms with van der Waals surface area (Å²) in [5.74, 6) is 0.676. The van der Waals surface area contributed by atoms with Gasteiger partial charge in [0.25, 0.3) is 5.91 Å². The molecule has 0 radical (unpaired) electrons. The summed E-state index contributed by atoms with van der Waals surface area (Å²) in [6.45, 7) is 0. The molecule has 0 spiro atoms. The van der Waals surface area contributed by atoms with Crippen LogP contribution < -0.4 is 5.32 Å². The van der Waals surface area contributed by atoms with Gasteiger partial charge in [-0.1, -0.05) is 35.9 Å². The Morgan fingerprint density at radius 1 is 1.12 bits per heavy atom. The van der Waals surface area contributed by atoms with E-state index in [2.05, 4.69) is 37.6 Å². The van der Waals surface area contributed by atoms with Crippen LogP contribution in [0.5, 0.6) is 0 Å². The number of halogens is 1. The van der Waals surface area contributed by atoms with E-state index in [0.717, 1.165) is 17.8 Å². The zero-order chi connectivity index (χ0) is 17.9. The summed E-state index contributed by atoms with van der Waals surface area (Å²) in [5.41, 5.74) is 2.80. The molecule has 0 bridgehead atoms. The number of amides is 1. The highest BCUT2D eigenvalue weighted by atomic mass is 35.5. The maximum Gasteiger partial charge on any atom is 0.258 e. The number of carbonyl (C=O) groups excluding carboxylic acids is 1. The average molecular weight is 366 g/mol. The molecule has 2 heterocycles. The summed E-state index contributed by atoms with van der Waals surface area (Å²) >= 11 is 5.91. The van der Waals surface area contributed by atoms with Crippen LogP contribution in [0.1, 0.15) is 21.7 Å². The number of anilines is 1. The number of benzene rings is 2. The minimum atomic E-state index is -0.297. The van der Waals surface area contributed by atoms with E-state index in [0.29, 0.717) is 17.0 Å². The SMILES string of the molecule is O=C(Nc1n[nH]c(CCc2c[nH]c3ccccc23)n1)c1cccc(Cl)c1. The molecule has 0 saturated heterocycles. The molecule has 6 nitrogen and oxygen atoms in total. The number of aromatic nitrogens is 4. The normalized spacial score (nSPS) is 11.0. The molecule has 0 atom stereocenters. The standard InChI is InChI=1S/C19H16ClN5O/c20-14-5-3-4-12(10-14)18(26)23-19-22-17(24-25-19)9-8-13-11-21-16-7-2-1-6-15(13)16/h1-7,10-11,21H,8-9H2,(H2,22,23,24,25,26). The Labute approximate surface area is 154 Å². The van der Waals surface area contributed by atoms with Crippen molar-refractivity contribution in [2.75, 3.05) is 5.32 Å². The van der Waals surface area contributed by atoms with Gasteiger partial charge in [0, 0.05) is 34.1 Å². The number of H-pyrrole nitrogens is 2. The highest BCUT2D eigenvalue weighted by Gasteiger charge is 2.11. The van der Waals surface area contributed by atoms with Crippen molar-refractivity contribution >= 4 is 34.4 Å². The largest absolute Gasteiger partial charge is 0.361 e. The minimum Gasteiger partial charge on any atom is -0.361 e. The number of rotatable bonds is 5.